The van der Waals surface area contributed by atoms with Crippen LogP contribution in [0, 0.1) is 6.92 Å². The highest BCUT2D eigenvalue weighted by Gasteiger charge is 2.32. The summed E-state index contributed by atoms with van der Waals surface area (Å²) in [6, 6.07) is 20.4. The van der Waals surface area contributed by atoms with Crippen LogP contribution in [0.4, 0.5) is 5.69 Å². The number of fused-ring (bicyclic) bond motifs is 1. The summed E-state index contributed by atoms with van der Waals surface area (Å²) in [7, 11) is 0. The van der Waals surface area contributed by atoms with Crippen LogP contribution < -0.4 is 19.5 Å². The molecule has 1 saturated heterocycles. The highest BCUT2D eigenvalue weighted by atomic mass is 32.2. The average molecular weight is 519 g/mol. The molecule has 2 heterocycles. The standard InChI is InChI=1S/C27H22N2O5S2/c1-17-4-2-3-5-21(17)28-25(30)15-32-20-9-6-18(7-10-20)13-24-26(31)29(27(35)36-24)14-19-8-11-22-23(12-19)34-16-33-22/h2-13H,14-16H2,1H3,(H,28,30)/b24-13-. The van der Waals surface area contributed by atoms with Crippen molar-refractivity contribution in [2.75, 3.05) is 18.7 Å². The molecule has 3 aromatic carbocycles. The van der Waals surface area contributed by atoms with Gasteiger partial charge in [-0.2, -0.15) is 0 Å². The van der Waals surface area contributed by atoms with E-state index in [0.29, 0.717) is 33.0 Å². The quantitative estimate of drug-likeness (QED) is 0.343. The Morgan fingerprint density at radius 3 is 2.69 bits per heavy atom. The molecule has 0 bridgehead atoms. The summed E-state index contributed by atoms with van der Waals surface area (Å²) in [6.07, 6.45) is 1.80. The molecule has 2 amide bonds. The number of thioether (sulfide) groups is 1. The van der Waals surface area contributed by atoms with E-state index in [1.807, 2.05) is 61.5 Å². The van der Waals surface area contributed by atoms with E-state index in [4.69, 9.17) is 26.4 Å². The number of ether oxygens (including phenoxy) is 3. The van der Waals surface area contributed by atoms with Crippen molar-refractivity contribution in [3.05, 3.63) is 88.3 Å². The molecule has 0 aliphatic carbocycles. The van der Waals surface area contributed by atoms with E-state index in [9.17, 15) is 9.59 Å². The largest absolute Gasteiger partial charge is 0.484 e. The number of rotatable bonds is 7. The molecule has 2 aliphatic rings. The van der Waals surface area contributed by atoms with E-state index in [0.717, 1.165) is 22.4 Å². The van der Waals surface area contributed by atoms with Gasteiger partial charge in [-0.15, -0.1) is 0 Å². The van der Waals surface area contributed by atoms with Crippen LogP contribution in [0.5, 0.6) is 17.2 Å². The van der Waals surface area contributed by atoms with Crippen LogP contribution in [0.3, 0.4) is 0 Å². The predicted octanol–water partition coefficient (Wildman–Crippen LogP) is 5.14. The first-order valence-electron chi connectivity index (χ1n) is 11.2. The number of anilines is 1. The highest BCUT2D eigenvalue weighted by molar-refractivity contribution is 8.26. The van der Waals surface area contributed by atoms with Gasteiger partial charge in [0.1, 0.15) is 10.1 Å². The molecule has 0 unspecified atom stereocenters. The van der Waals surface area contributed by atoms with Gasteiger partial charge in [-0.25, -0.2) is 0 Å². The Bertz CT molecular complexity index is 1370. The number of amides is 2. The van der Waals surface area contributed by atoms with Crippen LogP contribution in [0.25, 0.3) is 6.08 Å². The van der Waals surface area contributed by atoms with Crippen molar-refractivity contribution in [2.45, 2.75) is 13.5 Å². The van der Waals surface area contributed by atoms with Gasteiger partial charge in [0.05, 0.1) is 11.4 Å². The van der Waals surface area contributed by atoms with Crippen molar-refractivity contribution < 1.29 is 23.8 Å². The fraction of sp³-hybridized carbons (Fsp3) is 0.148. The van der Waals surface area contributed by atoms with E-state index in [2.05, 4.69) is 5.32 Å². The zero-order valence-corrected chi connectivity index (χ0v) is 21.0. The summed E-state index contributed by atoms with van der Waals surface area (Å²) >= 11 is 6.73. The Balaban J connectivity index is 1.18. The summed E-state index contributed by atoms with van der Waals surface area (Å²) < 4.78 is 16.9. The van der Waals surface area contributed by atoms with Crippen LogP contribution in [0.15, 0.2) is 71.6 Å². The lowest BCUT2D eigenvalue weighted by molar-refractivity contribution is -0.122. The lowest BCUT2D eigenvalue weighted by Crippen LogP contribution is -2.27. The number of hydrogen-bond donors (Lipinski definition) is 1. The zero-order valence-electron chi connectivity index (χ0n) is 19.4. The highest BCUT2D eigenvalue weighted by Crippen LogP contribution is 2.36. The van der Waals surface area contributed by atoms with Gasteiger partial charge in [0.15, 0.2) is 18.1 Å². The Morgan fingerprint density at radius 1 is 1.11 bits per heavy atom. The first-order chi connectivity index (χ1) is 17.5. The lowest BCUT2D eigenvalue weighted by Gasteiger charge is -2.14. The minimum atomic E-state index is -0.237. The van der Waals surface area contributed by atoms with E-state index >= 15 is 0 Å². The van der Waals surface area contributed by atoms with Crippen LogP contribution >= 0.6 is 24.0 Å². The fourth-order valence-electron chi connectivity index (χ4n) is 3.72. The van der Waals surface area contributed by atoms with E-state index < -0.39 is 0 Å². The molecular formula is C27H22N2O5S2. The maximum atomic E-state index is 13.0. The number of carbonyl (C=O) groups is 2. The summed E-state index contributed by atoms with van der Waals surface area (Å²) in [4.78, 5) is 27.3. The van der Waals surface area contributed by atoms with Gasteiger partial charge in [-0.3, -0.25) is 14.5 Å². The molecule has 1 N–H and O–H groups in total. The van der Waals surface area contributed by atoms with Crippen molar-refractivity contribution in [2.24, 2.45) is 0 Å². The number of carbonyl (C=O) groups excluding carboxylic acids is 2. The number of nitrogens with zero attached hydrogens (tertiary/aromatic N) is 1. The zero-order chi connectivity index (χ0) is 25.1. The van der Waals surface area contributed by atoms with Gasteiger partial charge >= 0.3 is 0 Å². The number of aryl methyl sites for hydroxylation is 1. The van der Waals surface area contributed by atoms with Gasteiger partial charge in [0.2, 0.25) is 6.79 Å². The smallest absolute Gasteiger partial charge is 0.266 e. The maximum absolute atomic E-state index is 13.0. The second kappa shape index (κ2) is 10.4. The molecule has 7 nitrogen and oxygen atoms in total. The monoisotopic (exact) mass is 518 g/mol. The SMILES string of the molecule is Cc1ccccc1NC(=O)COc1ccc(/C=C2\SC(=S)N(Cc3ccc4c(c3)OCO4)C2=O)cc1. The molecule has 3 aromatic rings. The summed E-state index contributed by atoms with van der Waals surface area (Å²) in [6.45, 7) is 2.38. The fourth-order valence-corrected chi connectivity index (χ4v) is 4.97. The van der Waals surface area contributed by atoms with E-state index in [1.54, 1.807) is 23.1 Å². The third kappa shape index (κ3) is 5.37. The van der Waals surface area contributed by atoms with Crippen molar-refractivity contribution in [3.8, 4) is 17.2 Å². The number of para-hydroxylation sites is 1. The third-order valence-corrected chi connectivity index (χ3v) is 7.00. The third-order valence-electron chi connectivity index (χ3n) is 5.62. The molecule has 36 heavy (non-hydrogen) atoms. The number of benzene rings is 3. The summed E-state index contributed by atoms with van der Waals surface area (Å²) in [5.74, 6) is 1.55. The lowest BCUT2D eigenvalue weighted by atomic mass is 10.2. The second-order valence-corrected chi connectivity index (χ2v) is 9.85. The van der Waals surface area contributed by atoms with Crippen LogP contribution in [-0.4, -0.2) is 34.4 Å². The van der Waals surface area contributed by atoms with Gasteiger partial charge in [0, 0.05) is 5.69 Å². The Kier molecular flexibility index (Phi) is 6.92. The number of nitrogens with one attached hydrogen (secondary N) is 1. The minimum absolute atomic E-state index is 0.105. The molecule has 0 aromatic heterocycles. The van der Waals surface area contributed by atoms with E-state index in [1.165, 1.54) is 11.8 Å². The minimum Gasteiger partial charge on any atom is -0.484 e. The first-order valence-corrected chi connectivity index (χ1v) is 12.4. The topological polar surface area (TPSA) is 77.1 Å². The normalized spacial score (nSPS) is 15.5. The molecule has 0 radical (unpaired) electrons. The Morgan fingerprint density at radius 2 is 1.89 bits per heavy atom. The van der Waals surface area contributed by atoms with Crippen LogP contribution in [0.1, 0.15) is 16.7 Å². The molecule has 0 spiro atoms. The van der Waals surface area contributed by atoms with Crippen molar-refractivity contribution in [3.63, 3.8) is 0 Å². The average Bonchev–Trinajstić information content (AvgIpc) is 3.45. The Hall–Kier alpha value is -3.82. The van der Waals surface area contributed by atoms with Crippen molar-refractivity contribution in [1.82, 2.24) is 4.90 Å². The Labute approximate surface area is 218 Å². The van der Waals surface area contributed by atoms with Crippen molar-refractivity contribution >= 4 is 51.9 Å². The van der Waals surface area contributed by atoms with Gasteiger partial charge in [-0.05, 0) is 60.0 Å². The van der Waals surface area contributed by atoms with Crippen molar-refractivity contribution in [1.29, 1.82) is 0 Å². The number of thiocarbonyl (C=S) groups is 1. The maximum Gasteiger partial charge on any atom is 0.266 e. The summed E-state index contributed by atoms with van der Waals surface area (Å²) in [5, 5.41) is 2.84. The van der Waals surface area contributed by atoms with E-state index in [-0.39, 0.29) is 25.2 Å². The molecular weight excluding hydrogens is 496 g/mol. The van der Waals surface area contributed by atoms with Gasteiger partial charge in [-0.1, -0.05) is 60.4 Å². The molecule has 182 valence electrons. The summed E-state index contributed by atoms with van der Waals surface area (Å²) in [5.41, 5.74) is 3.48. The molecule has 0 saturated carbocycles. The molecule has 1 fully saturated rings. The van der Waals surface area contributed by atoms with Crippen LogP contribution in [0.2, 0.25) is 0 Å². The molecule has 0 atom stereocenters. The number of hydrogen-bond acceptors (Lipinski definition) is 7. The van der Waals surface area contributed by atoms with Gasteiger partial charge < -0.3 is 19.5 Å². The second-order valence-electron chi connectivity index (χ2n) is 8.18. The van der Waals surface area contributed by atoms with Crippen LogP contribution in [-0.2, 0) is 16.1 Å². The molecule has 2 aliphatic heterocycles. The van der Waals surface area contributed by atoms with Gasteiger partial charge in [0.25, 0.3) is 11.8 Å². The predicted molar refractivity (Wildman–Crippen MR) is 143 cm³/mol. The molecule has 9 heteroatoms. The molecule has 5 rings (SSSR count). The first kappa shape index (κ1) is 23.9.